The first kappa shape index (κ1) is 13.2. The number of nitrogens with zero attached hydrogens (tertiary/aromatic N) is 1. The van der Waals surface area contributed by atoms with Crippen molar-refractivity contribution in [1.82, 2.24) is 4.90 Å². The number of hydrogen-bond acceptors (Lipinski definition) is 3. The van der Waals surface area contributed by atoms with Gasteiger partial charge in [0.1, 0.15) is 12.4 Å². The van der Waals surface area contributed by atoms with Gasteiger partial charge in [0.2, 0.25) is 0 Å². The second-order valence-electron chi connectivity index (χ2n) is 4.18. The standard InChI is InChI=1S/C14H16BrNO2/c1-16(10-12-5-7-17-11-12)6-8-18-14-4-2-3-13(15)9-14/h2-5,7,9,11H,6,8,10H2,1H3. The predicted molar refractivity (Wildman–Crippen MR) is 74.7 cm³/mol. The molecule has 0 atom stereocenters. The molecule has 0 aliphatic rings. The van der Waals surface area contributed by atoms with Gasteiger partial charge in [0.25, 0.3) is 0 Å². The van der Waals surface area contributed by atoms with E-state index >= 15 is 0 Å². The van der Waals surface area contributed by atoms with Crippen LogP contribution in [-0.4, -0.2) is 25.1 Å². The Morgan fingerprint density at radius 3 is 2.94 bits per heavy atom. The summed E-state index contributed by atoms with van der Waals surface area (Å²) in [6, 6.07) is 9.86. The molecule has 1 aromatic carbocycles. The largest absolute Gasteiger partial charge is 0.492 e. The Labute approximate surface area is 115 Å². The first-order valence-electron chi connectivity index (χ1n) is 5.82. The highest BCUT2D eigenvalue weighted by atomic mass is 79.9. The minimum atomic E-state index is 0.671. The number of benzene rings is 1. The van der Waals surface area contributed by atoms with E-state index in [1.165, 1.54) is 5.56 Å². The third kappa shape index (κ3) is 4.20. The molecule has 0 amide bonds. The van der Waals surface area contributed by atoms with Gasteiger partial charge in [0.05, 0.1) is 12.5 Å². The summed E-state index contributed by atoms with van der Waals surface area (Å²) in [7, 11) is 2.07. The van der Waals surface area contributed by atoms with Crippen LogP contribution in [0.25, 0.3) is 0 Å². The van der Waals surface area contributed by atoms with E-state index < -0.39 is 0 Å². The molecule has 1 aromatic heterocycles. The molecule has 0 aliphatic heterocycles. The van der Waals surface area contributed by atoms with Crippen LogP contribution in [0.2, 0.25) is 0 Å². The van der Waals surface area contributed by atoms with Crippen molar-refractivity contribution >= 4 is 15.9 Å². The molecule has 0 fully saturated rings. The highest BCUT2D eigenvalue weighted by molar-refractivity contribution is 9.10. The molecule has 18 heavy (non-hydrogen) atoms. The minimum Gasteiger partial charge on any atom is -0.492 e. The van der Waals surface area contributed by atoms with Gasteiger partial charge >= 0.3 is 0 Å². The van der Waals surface area contributed by atoms with Crippen molar-refractivity contribution in [3.05, 3.63) is 52.9 Å². The predicted octanol–water partition coefficient (Wildman–Crippen LogP) is 3.55. The highest BCUT2D eigenvalue weighted by Crippen LogP contribution is 2.17. The average molecular weight is 310 g/mol. The van der Waals surface area contributed by atoms with Crippen LogP contribution in [0.3, 0.4) is 0 Å². The summed E-state index contributed by atoms with van der Waals surface area (Å²) in [5, 5.41) is 0. The van der Waals surface area contributed by atoms with Gasteiger partial charge in [-0.25, -0.2) is 0 Å². The monoisotopic (exact) mass is 309 g/mol. The van der Waals surface area contributed by atoms with Gasteiger partial charge in [-0.1, -0.05) is 22.0 Å². The summed E-state index contributed by atoms with van der Waals surface area (Å²) in [5.74, 6) is 0.890. The summed E-state index contributed by atoms with van der Waals surface area (Å²) < 4.78 is 11.8. The molecule has 0 spiro atoms. The zero-order chi connectivity index (χ0) is 12.8. The lowest BCUT2D eigenvalue weighted by Crippen LogP contribution is -2.23. The van der Waals surface area contributed by atoms with Gasteiger partial charge in [0, 0.05) is 23.1 Å². The Balaban J connectivity index is 1.72. The van der Waals surface area contributed by atoms with Crippen LogP contribution < -0.4 is 4.74 Å². The van der Waals surface area contributed by atoms with Gasteiger partial charge < -0.3 is 9.15 Å². The first-order chi connectivity index (χ1) is 8.74. The third-order valence-electron chi connectivity index (χ3n) is 2.57. The van der Waals surface area contributed by atoms with Crippen LogP contribution in [0.4, 0.5) is 0 Å². The van der Waals surface area contributed by atoms with E-state index in [0.29, 0.717) is 6.61 Å². The molecule has 96 valence electrons. The molecule has 0 aliphatic carbocycles. The number of hydrogen-bond donors (Lipinski definition) is 0. The van der Waals surface area contributed by atoms with Crippen LogP contribution >= 0.6 is 15.9 Å². The maximum Gasteiger partial charge on any atom is 0.120 e. The summed E-state index contributed by atoms with van der Waals surface area (Å²) >= 11 is 3.42. The highest BCUT2D eigenvalue weighted by Gasteiger charge is 2.02. The molecule has 4 heteroatoms. The Bertz CT molecular complexity index is 470. The fraction of sp³-hybridized carbons (Fsp3) is 0.286. The van der Waals surface area contributed by atoms with E-state index in [-0.39, 0.29) is 0 Å². The van der Waals surface area contributed by atoms with E-state index in [9.17, 15) is 0 Å². The smallest absolute Gasteiger partial charge is 0.120 e. The van der Waals surface area contributed by atoms with Gasteiger partial charge in [0.15, 0.2) is 0 Å². The third-order valence-corrected chi connectivity index (χ3v) is 3.06. The molecule has 2 aromatic rings. The number of ether oxygens (including phenoxy) is 1. The fourth-order valence-electron chi connectivity index (χ4n) is 1.65. The SMILES string of the molecule is CN(CCOc1cccc(Br)c1)Cc1ccoc1. The van der Waals surface area contributed by atoms with Gasteiger partial charge in [-0.15, -0.1) is 0 Å². The van der Waals surface area contributed by atoms with Gasteiger partial charge in [-0.05, 0) is 31.3 Å². The molecule has 1 heterocycles. The Morgan fingerprint density at radius 2 is 2.22 bits per heavy atom. The van der Waals surface area contributed by atoms with E-state index in [1.807, 2.05) is 30.3 Å². The van der Waals surface area contributed by atoms with Crippen molar-refractivity contribution in [3.63, 3.8) is 0 Å². The van der Waals surface area contributed by atoms with Crippen molar-refractivity contribution in [1.29, 1.82) is 0 Å². The molecule has 0 N–H and O–H groups in total. The normalized spacial score (nSPS) is 10.8. The maximum absolute atomic E-state index is 5.68. The van der Waals surface area contributed by atoms with Crippen molar-refractivity contribution in [2.75, 3.05) is 20.2 Å². The minimum absolute atomic E-state index is 0.671. The van der Waals surface area contributed by atoms with E-state index in [2.05, 4.69) is 27.9 Å². The van der Waals surface area contributed by atoms with Crippen molar-refractivity contribution in [3.8, 4) is 5.75 Å². The number of likely N-dealkylation sites (N-methyl/N-ethyl adjacent to an activating group) is 1. The zero-order valence-electron chi connectivity index (χ0n) is 10.3. The molecule has 2 rings (SSSR count). The molecule has 3 nitrogen and oxygen atoms in total. The number of halogens is 1. The van der Waals surface area contributed by atoms with Gasteiger partial charge in [-0.2, -0.15) is 0 Å². The maximum atomic E-state index is 5.68. The van der Waals surface area contributed by atoms with Crippen LogP contribution in [0.15, 0.2) is 51.7 Å². The van der Waals surface area contributed by atoms with E-state index in [0.717, 1.165) is 23.3 Å². The summed E-state index contributed by atoms with van der Waals surface area (Å²) in [6.45, 7) is 2.42. The van der Waals surface area contributed by atoms with E-state index in [1.54, 1.807) is 12.5 Å². The van der Waals surface area contributed by atoms with Gasteiger partial charge in [-0.3, -0.25) is 4.90 Å². The van der Waals surface area contributed by atoms with Crippen molar-refractivity contribution < 1.29 is 9.15 Å². The molecule has 0 saturated heterocycles. The quantitative estimate of drug-likeness (QED) is 0.816. The molecule has 0 saturated carbocycles. The lowest BCUT2D eigenvalue weighted by molar-refractivity contribution is 0.232. The Hall–Kier alpha value is -1.26. The molecule has 0 unspecified atom stereocenters. The molecular weight excluding hydrogens is 294 g/mol. The number of furan rings is 1. The van der Waals surface area contributed by atoms with Crippen LogP contribution in [0, 0.1) is 0 Å². The lowest BCUT2D eigenvalue weighted by Gasteiger charge is -2.16. The van der Waals surface area contributed by atoms with E-state index in [4.69, 9.17) is 9.15 Å². The topological polar surface area (TPSA) is 25.6 Å². The first-order valence-corrected chi connectivity index (χ1v) is 6.61. The van der Waals surface area contributed by atoms with Crippen molar-refractivity contribution in [2.45, 2.75) is 6.54 Å². The van der Waals surface area contributed by atoms with Crippen LogP contribution in [0.1, 0.15) is 5.56 Å². The molecule has 0 radical (unpaired) electrons. The second kappa shape index (κ2) is 6.61. The summed E-state index contributed by atoms with van der Waals surface area (Å²) in [4.78, 5) is 2.20. The second-order valence-corrected chi connectivity index (χ2v) is 5.09. The fourth-order valence-corrected chi connectivity index (χ4v) is 2.03. The average Bonchev–Trinajstić information content (AvgIpc) is 2.82. The van der Waals surface area contributed by atoms with Crippen LogP contribution in [0.5, 0.6) is 5.75 Å². The molecule has 0 bridgehead atoms. The Kier molecular flexibility index (Phi) is 4.84. The number of rotatable bonds is 6. The summed E-state index contributed by atoms with van der Waals surface area (Å²) in [6.07, 6.45) is 3.47. The van der Waals surface area contributed by atoms with Crippen LogP contribution in [-0.2, 0) is 6.54 Å². The summed E-state index contributed by atoms with van der Waals surface area (Å²) in [5.41, 5.74) is 1.18. The zero-order valence-corrected chi connectivity index (χ0v) is 11.9. The molecular formula is C14H16BrNO2. The Morgan fingerprint density at radius 1 is 1.33 bits per heavy atom. The van der Waals surface area contributed by atoms with Crippen molar-refractivity contribution in [2.24, 2.45) is 0 Å². The lowest BCUT2D eigenvalue weighted by atomic mass is 10.3.